The third-order valence-electron chi connectivity index (χ3n) is 8.62. The molecule has 0 aliphatic heterocycles. The lowest BCUT2D eigenvalue weighted by Crippen LogP contribution is -2.25. The smallest absolute Gasteiger partial charge is 0.108 e. The molecule has 0 amide bonds. The Morgan fingerprint density at radius 3 is 1.04 bits per heavy atom. The van der Waals surface area contributed by atoms with Crippen molar-refractivity contribution in [2.75, 3.05) is 43.5 Å². The number of benzene rings is 2. The quantitative estimate of drug-likeness (QED) is 0.0561. The molecule has 0 N–H and O–H groups in total. The number of anilines is 2. The van der Waals surface area contributed by atoms with Gasteiger partial charge in [0.2, 0.25) is 0 Å². The first kappa shape index (κ1) is 43.0. The van der Waals surface area contributed by atoms with Gasteiger partial charge in [0.1, 0.15) is 6.10 Å². The van der Waals surface area contributed by atoms with Crippen LogP contribution in [0.5, 0.6) is 0 Å². The van der Waals surface area contributed by atoms with Crippen molar-refractivity contribution in [1.82, 2.24) is 0 Å². The molecule has 0 fully saturated rings. The summed E-state index contributed by atoms with van der Waals surface area (Å²) in [5.41, 5.74) is 3.99. The second-order valence-electron chi connectivity index (χ2n) is 13.7. The Morgan fingerprint density at radius 2 is 0.755 bits per heavy atom. The Hall–Kier alpha value is -2.16. The van der Waals surface area contributed by atoms with E-state index < -0.39 is 0 Å². The second-order valence-corrected chi connectivity index (χ2v) is 13.7. The minimum Gasteiger partial charge on any atom is -0.369 e. The third-order valence-corrected chi connectivity index (χ3v) is 8.62. The van der Waals surface area contributed by atoms with Crippen LogP contribution in [0.4, 0.5) is 11.4 Å². The van der Waals surface area contributed by atoms with E-state index in [0.717, 1.165) is 54.6 Å². The summed E-state index contributed by atoms with van der Waals surface area (Å²) in [4.78, 5) is 24.6. The van der Waals surface area contributed by atoms with Crippen molar-refractivity contribution < 1.29 is 24.1 Å². The Balaban J connectivity index is 2.21. The number of ether oxygens (including phenoxy) is 1. The number of rotatable bonds is 32. The van der Waals surface area contributed by atoms with Gasteiger partial charge in [0, 0.05) is 6.61 Å². The highest BCUT2D eigenvalue weighted by Gasteiger charge is 2.18. The topological polar surface area (TPSA) is 52.6 Å². The average molecular weight is 685 g/mol. The molecule has 7 nitrogen and oxygen atoms in total. The third kappa shape index (κ3) is 19.1. The summed E-state index contributed by atoms with van der Waals surface area (Å²) < 4.78 is 6.58. The number of hydrogen-bond donors (Lipinski definition) is 0. The van der Waals surface area contributed by atoms with Crippen molar-refractivity contribution in [3.63, 3.8) is 0 Å². The molecular formula is C42H72N2O5. The number of hydrogen-bond acceptors (Lipinski definition) is 7. The molecule has 0 aliphatic carbocycles. The van der Waals surface area contributed by atoms with Gasteiger partial charge in [0.05, 0.1) is 37.8 Å². The maximum atomic E-state index is 6.58. The summed E-state index contributed by atoms with van der Waals surface area (Å²) >= 11 is 0. The molecule has 0 unspecified atom stereocenters. The fourth-order valence-electron chi connectivity index (χ4n) is 5.43. The van der Waals surface area contributed by atoms with Gasteiger partial charge in [-0.3, -0.25) is 0 Å². The van der Waals surface area contributed by atoms with Crippen LogP contribution in [-0.2, 0) is 24.1 Å². The fourth-order valence-corrected chi connectivity index (χ4v) is 5.43. The summed E-state index contributed by atoms with van der Waals surface area (Å²) in [6, 6.07) is 16.9. The van der Waals surface area contributed by atoms with Crippen LogP contribution in [0.25, 0.3) is 0 Å². The molecular weight excluding hydrogens is 612 g/mol. The molecule has 280 valence electrons. The molecule has 0 bridgehead atoms. The van der Waals surface area contributed by atoms with Gasteiger partial charge < -0.3 is 4.74 Å². The molecule has 0 saturated heterocycles. The first-order valence-corrected chi connectivity index (χ1v) is 20.0. The van der Waals surface area contributed by atoms with Gasteiger partial charge in [-0.05, 0) is 73.4 Å². The van der Waals surface area contributed by atoms with E-state index in [9.17, 15) is 0 Å². The molecule has 0 heterocycles. The van der Waals surface area contributed by atoms with Crippen LogP contribution in [0, 0.1) is 5.92 Å². The molecule has 7 heteroatoms. The zero-order valence-electron chi connectivity index (χ0n) is 32.3. The van der Waals surface area contributed by atoms with Gasteiger partial charge in [0.15, 0.2) is 0 Å². The molecule has 2 rings (SSSR count). The highest BCUT2D eigenvalue weighted by Crippen LogP contribution is 2.31. The van der Waals surface area contributed by atoms with Crippen LogP contribution in [0.15, 0.2) is 48.5 Å². The van der Waals surface area contributed by atoms with E-state index in [1.807, 2.05) is 0 Å². The lowest BCUT2D eigenvalue weighted by Gasteiger charge is -2.25. The predicted molar refractivity (Wildman–Crippen MR) is 205 cm³/mol. The molecule has 0 aromatic heterocycles. The second kappa shape index (κ2) is 28.5. The lowest BCUT2D eigenvalue weighted by molar-refractivity contribution is -0.0916. The maximum Gasteiger partial charge on any atom is 0.108 e. The van der Waals surface area contributed by atoms with Crippen LogP contribution in [-0.4, -0.2) is 33.0 Å². The largest absolute Gasteiger partial charge is 0.369 e. The summed E-state index contributed by atoms with van der Waals surface area (Å²) in [6.45, 7) is 16.7. The summed E-state index contributed by atoms with van der Waals surface area (Å²) in [7, 11) is 0. The fraction of sp³-hybridized carbons (Fsp3) is 0.714. The Morgan fingerprint density at radius 1 is 0.429 bits per heavy atom. The van der Waals surface area contributed by atoms with E-state index in [2.05, 4.69) is 90.1 Å². The average Bonchev–Trinajstić information content (AvgIpc) is 3.11. The van der Waals surface area contributed by atoms with Crippen molar-refractivity contribution in [1.29, 1.82) is 0 Å². The monoisotopic (exact) mass is 685 g/mol. The normalized spacial score (nSPS) is 11.6. The molecule has 2 aromatic rings. The van der Waals surface area contributed by atoms with Crippen LogP contribution in [0.2, 0.25) is 0 Å². The first-order chi connectivity index (χ1) is 24.0. The minimum absolute atomic E-state index is 0.196. The standard InChI is InChI=1S/C42H72N2O5/c1-7-11-15-19-32-46-43(47-33-20-16-12-8-2)40-27-23-38(24-28-40)42(45-36-31-37(5)6)39-25-29-41(30-26-39)44(48-34-21-17-13-9-3)49-35-22-18-14-10-4/h23-30,37,42H,7-22,31-36H2,1-6H3. The van der Waals surface area contributed by atoms with Crippen LogP contribution in [0.3, 0.4) is 0 Å². The predicted octanol–water partition coefficient (Wildman–Crippen LogP) is 12.5. The van der Waals surface area contributed by atoms with Crippen molar-refractivity contribution in [3.05, 3.63) is 59.7 Å². The summed E-state index contributed by atoms with van der Waals surface area (Å²) in [6.07, 6.45) is 19.3. The molecule has 0 spiro atoms. The Bertz CT molecular complexity index is 913. The Kier molecular flexibility index (Phi) is 25.0. The molecule has 2 aromatic carbocycles. The molecule has 0 saturated carbocycles. The van der Waals surface area contributed by atoms with E-state index in [-0.39, 0.29) is 6.10 Å². The summed E-state index contributed by atoms with van der Waals surface area (Å²) in [5.74, 6) is 0.570. The van der Waals surface area contributed by atoms with Crippen LogP contribution in [0.1, 0.15) is 168 Å². The van der Waals surface area contributed by atoms with Crippen molar-refractivity contribution in [2.24, 2.45) is 5.92 Å². The number of unbranched alkanes of at least 4 members (excludes halogenated alkanes) is 12. The zero-order chi connectivity index (χ0) is 35.4. The highest BCUT2D eigenvalue weighted by molar-refractivity contribution is 5.48. The molecule has 0 atom stereocenters. The van der Waals surface area contributed by atoms with Gasteiger partial charge >= 0.3 is 0 Å². The SMILES string of the molecule is CCCCCCON(OCCCCCC)c1ccc(C(OCCC(C)C)c2ccc(N(OCCCCCC)OCCCCCC)cc2)cc1. The van der Waals surface area contributed by atoms with Crippen molar-refractivity contribution in [3.8, 4) is 0 Å². The van der Waals surface area contributed by atoms with E-state index in [1.165, 1.54) is 77.0 Å². The van der Waals surface area contributed by atoms with E-state index in [1.54, 1.807) is 10.5 Å². The van der Waals surface area contributed by atoms with Gasteiger partial charge in [-0.25, -0.2) is 19.4 Å². The van der Waals surface area contributed by atoms with Crippen LogP contribution < -0.4 is 10.5 Å². The van der Waals surface area contributed by atoms with E-state index >= 15 is 0 Å². The minimum atomic E-state index is -0.196. The van der Waals surface area contributed by atoms with Gasteiger partial charge in [0.25, 0.3) is 0 Å². The lowest BCUT2D eigenvalue weighted by atomic mass is 10.0. The maximum absolute atomic E-state index is 6.58. The summed E-state index contributed by atoms with van der Waals surface area (Å²) in [5, 5.41) is 3.26. The molecule has 49 heavy (non-hydrogen) atoms. The zero-order valence-corrected chi connectivity index (χ0v) is 32.3. The Labute approximate surface area is 300 Å². The highest BCUT2D eigenvalue weighted by atomic mass is 17.0. The molecule has 0 radical (unpaired) electrons. The van der Waals surface area contributed by atoms with E-state index in [0.29, 0.717) is 39.0 Å². The van der Waals surface area contributed by atoms with Gasteiger partial charge in [-0.1, -0.05) is 143 Å². The van der Waals surface area contributed by atoms with Gasteiger partial charge in [-0.15, -0.1) is 10.5 Å². The van der Waals surface area contributed by atoms with Gasteiger partial charge in [-0.2, -0.15) is 0 Å². The molecule has 0 aliphatic rings. The number of nitrogens with zero attached hydrogens (tertiary/aromatic N) is 2. The van der Waals surface area contributed by atoms with Crippen molar-refractivity contribution >= 4 is 11.4 Å². The van der Waals surface area contributed by atoms with E-state index in [4.69, 9.17) is 24.1 Å². The van der Waals surface area contributed by atoms with Crippen molar-refractivity contribution in [2.45, 2.75) is 157 Å². The first-order valence-electron chi connectivity index (χ1n) is 20.0. The van der Waals surface area contributed by atoms with Crippen LogP contribution >= 0.6 is 0 Å².